The third-order valence-corrected chi connectivity index (χ3v) is 4.99. The fourth-order valence-corrected chi connectivity index (χ4v) is 2.04. The van der Waals surface area contributed by atoms with Gasteiger partial charge in [-0.05, 0) is 30.1 Å². The lowest BCUT2D eigenvalue weighted by Crippen LogP contribution is -2.13. The van der Waals surface area contributed by atoms with Gasteiger partial charge in [0.1, 0.15) is 11.6 Å². The second-order valence-corrected chi connectivity index (χ2v) is 7.97. The first-order valence-electron chi connectivity index (χ1n) is 8.65. The zero-order chi connectivity index (χ0) is 16.5. The lowest BCUT2D eigenvalue weighted by molar-refractivity contribution is -0.121. The van der Waals surface area contributed by atoms with Crippen LogP contribution in [0.15, 0.2) is 0 Å². The first-order valence-corrected chi connectivity index (χ1v) is 8.65. The van der Waals surface area contributed by atoms with Gasteiger partial charge in [-0.25, -0.2) is 0 Å². The molecule has 0 saturated carbocycles. The van der Waals surface area contributed by atoms with Gasteiger partial charge in [-0.15, -0.1) is 0 Å². The highest BCUT2D eigenvalue weighted by atomic mass is 16.1. The van der Waals surface area contributed by atoms with Crippen LogP contribution in [0.5, 0.6) is 0 Å². The molecule has 0 fully saturated rings. The van der Waals surface area contributed by atoms with Gasteiger partial charge in [-0.1, -0.05) is 54.4 Å². The van der Waals surface area contributed by atoms with Crippen molar-refractivity contribution in [1.29, 1.82) is 0 Å². The van der Waals surface area contributed by atoms with E-state index in [1.165, 1.54) is 0 Å². The molecule has 0 aromatic heterocycles. The van der Waals surface area contributed by atoms with E-state index in [4.69, 9.17) is 0 Å². The Bertz CT molecular complexity index is 294. The van der Waals surface area contributed by atoms with Crippen molar-refractivity contribution < 1.29 is 9.59 Å². The maximum atomic E-state index is 11.8. The Morgan fingerprint density at radius 3 is 1.29 bits per heavy atom. The molecule has 0 radical (unpaired) electrons. The van der Waals surface area contributed by atoms with E-state index in [2.05, 4.69) is 41.5 Å². The Balaban J connectivity index is 3.79. The summed E-state index contributed by atoms with van der Waals surface area (Å²) in [6.45, 7) is 13.2. The van der Waals surface area contributed by atoms with Crippen molar-refractivity contribution in [3.8, 4) is 0 Å². The van der Waals surface area contributed by atoms with Gasteiger partial charge < -0.3 is 0 Å². The fourth-order valence-electron chi connectivity index (χ4n) is 2.04. The van der Waals surface area contributed by atoms with Gasteiger partial charge in [0, 0.05) is 25.7 Å². The third-order valence-electron chi connectivity index (χ3n) is 4.99. The van der Waals surface area contributed by atoms with Crippen LogP contribution >= 0.6 is 0 Å². The molecule has 0 heterocycles. The molecule has 0 bridgehead atoms. The van der Waals surface area contributed by atoms with Crippen LogP contribution < -0.4 is 0 Å². The Labute approximate surface area is 132 Å². The average molecular weight is 296 g/mol. The molecule has 21 heavy (non-hydrogen) atoms. The normalized spacial score (nSPS) is 12.5. The quantitative estimate of drug-likeness (QED) is 0.461. The molecule has 2 nitrogen and oxygen atoms in total. The molecule has 124 valence electrons. The monoisotopic (exact) mass is 296 g/mol. The molecular weight excluding hydrogens is 260 g/mol. The number of Topliss-reactive ketones (excluding diaryl/α,β-unsaturated/α-hetero) is 2. The van der Waals surface area contributed by atoms with Crippen molar-refractivity contribution in [1.82, 2.24) is 0 Å². The summed E-state index contributed by atoms with van der Waals surface area (Å²) in [5.41, 5.74) is 0.522. The molecule has 2 heteroatoms. The van der Waals surface area contributed by atoms with Crippen LogP contribution in [0.2, 0.25) is 0 Å². The third kappa shape index (κ3) is 10.7. The number of carbonyl (C=O) groups excluding carboxylic acids is 2. The summed E-state index contributed by atoms with van der Waals surface area (Å²) in [5.74, 6) is 0.636. The molecule has 0 rings (SSSR count). The molecule has 0 aromatic rings. The average Bonchev–Trinajstić information content (AvgIpc) is 2.43. The van der Waals surface area contributed by atoms with Gasteiger partial charge in [-0.3, -0.25) is 9.59 Å². The lowest BCUT2D eigenvalue weighted by Gasteiger charge is -2.22. The van der Waals surface area contributed by atoms with E-state index in [-0.39, 0.29) is 10.8 Å². The molecule has 0 N–H and O–H groups in total. The predicted octanol–water partition coefficient (Wildman–Crippen LogP) is 5.73. The lowest BCUT2D eigenvalue weighted by atomic mass is 9.83. The summed E-state index contributed by atoms with van der Waals surface area (Å²) < 4.78 is 0. The van der Waals surface area contributed by atoms with E-state index in [1.54, 1.807) is 0 Å². The number of ketones is 2. The second-order valence-electron chi connectivity index (χ2n) is 7.97. The highest BCUT2D eigenvalue weighted by Crippen LogP contribution is 2.27. The summed E-state index contributed by atoms with van der Waals surface area (Å²) in [6.07, 6.45) is 7.33. The van der Waals surface area contributed by atoms with Crippen molar-refractivity contribution in [3.05, 3.63) is 0 Å². The van der Waals surface area contributed by atoms with Gasteiger partial charge in [-0.2, -0.15) is 0 Å². The highest BCUT2D eigenvalue weighted by Gasteiger charge is 2.18. The van der Waals surface area contributed by atoms with Crippen LogP contribution in [0.3, 0.4) is 0 Å². The maximum Gasteiger partial charge on any atom is 0.132 e. The predicted molar refractivity (Wildman–Crippen MR) is 90.5 cm³/mol. The number of carbonyl (C=O) groups is 2. The Kier molecular flexibility index (Phi) is 9.08. The molecule has 0 aliphatic carbocycles. The summed E-state index contributed by atoms with van der Waals surface area (Å²) in [6, 6.07) is 0. The van der Waals surface area contributed by atoms with E-state index in [1.807, 2.05) is 0 Å². The van der Waals surface area contributed by atoms with E-state index in [0.717, 1.165) is 32.1 Å². The first kappa shape index (κ1) is 20.3. The fraction of sp³-hybridized carbons (Fsp3) is 0.895. The summed E-state index contributed by atoms with van der Waals surface area (Å²) >= 11 is 0. The number of hydrogen-bond donors (Lipinski definition) is 0. The smallest absolute Gasteiger partial charge is 0.132 e. The van der Waals surface area contributed by atoms with Crippen molar-refractivity contribution >= 4 is 11.6 Å². The molecule has 0 amide bonds. The summed E-state index contributed by atoms with van der Waals surface area (Å²) in [5, 5.41) is 0. The minimum absolute atomic E-state index is 0.261. The van der Waals surface area contributed by atoms with E-state index >= 15 is 0 Å². The van der Waals surface area contributed by atoms with Gasteiger partial charge in [0.05, 0.1) is 0 Å². The van der Waals surface area contributed by atoms with Crippen molar-refractivity contribution in [2.45, 2.75) is 99.3 Å². The molecule has 0 aliphatic rings. The van der Waals surface area contributed by atoms with Crippen LogP contribution in [-0.4, -0.2) is 11.6 Å². The molecular formula is C19H36O2. The minimum atomic E-state index is 0.261. The maximum absolute atomic E-state index is 11.8. The second kappa shape index (κ2) is 9.38. The van der Waals surface area contributed by atoms with E-state index in [0.29, 0.717) is 37.2 Å². The van der Waals surface area contributed by atoms with Crippen LogP contribution in [0, 0.1) is 10.8 Å². The van der Waals surface area contributed by atoms with Crippen molar-refractivity contribution in [3.63, 3.8) is 0 Å². The van der Waals surface area contributed by atoms with E-state index in [9.17, 15) is 9.59 Å². The van der Waals surface area contributed by atoms with Gasteiger partial charge >= 0.3 is 0 Å². The van der Waals surface area contributed by atoms with Gasteiger partial charge in [0.25, 0.3) is 0 Å². The molecule has 0 saturated heterocycles. The molecule has 0 spiro atoms. The number of rotatable bonds is 12. The molecule has 0 unspecified atom stereocenters. The Hall–Kier alpha value is -0.660. The van der Waals surface area contributed by atoms with E-state index < -0.39 is 0 Å². The Morgan fingerprint density at radius 1 is 0.667 bits per heavy atom. The highest BCUT2D eigenvalue weighted by molar-refractivity contribution is 5.81. The Morgan fingerprint density at radius 2 is 1.00 bits per heavy atom. The van der Waals surface area contributed by atoms with Crippen molar-refractivity contribution in [2.75, 3.05) is 0 Å². The van der Waals surface area contributed by atoms with Crippen molar-refractivity contribution in [2.24, 2.45) is 10.8 Å². The van der Waals surface area contributed by atoms with Crippen LogP contribution in [-0.2, 0) is 9.59 Å². The van der Waals surface area contributed by atoms with Gasteiger partial charge in [0.2, 0.25) is 0 Å². The standard InChI is InChI=1S/C19H36O2/c1-7-18(3,4)14-12-16(20)10-9-11-17(21)13-15-19(5,6)8-2/h7-15H2,1-6H3. The molecule has 0 atom stereocenters. The summed E-state index contributed by atoms with van der Waals surface area (Å²) in [4.78, 5) is 23.7. The molecule has 0 aromatic carbocycles. The number of hydrogen-bond acceptors (Lipinski definition) is 2. The van der Waals surface area contributed by atoms with Gasteiger partial charge in [0.15, 0.2) is 0 Å². The van der Waals surface area contributed by atoms with Crippen LogP contribution in [0.25, 0.3) is 0 Å². The topological polar surface area (TPSA) is 34.1 Å². The van der Waals surface area contributed by atoms with Crippen LogP contribution in [0.4, 0.5) is 0 Å². The SMILES string of the molecule is CCC(C)(C)CCC(=O)CCCC(=O)CCC(C)(C)CC. The largest absolute Gasteiger partial charge is 0.300 e. The van der Waals surface area contributed by atoms with Crippen LogP contribution in [0.1, 0.15) is 99.3 Å². The minimum Gasteiger partial charge on any atom is -0.300 e. The zero-order valence-corrected chi connectivity index (χ0v) is 15.2. The molecule has 0 aliphatic heterocycles. The summed E-state index contributed by atoms with van der Waals surface area (Å²) in [7, 11) is 0. The first-order chi connectivity index (χ1) is 9.62. The zero-order valence-electron chi connectivity index (χ0n) is 15.2.